The average Bonchev–Trinajstić information content (AvgIpc) is 2.64. The number of Topliss-reactive ketones (excluding diaryl/α,β-unsaturated/α-hetero) is 2. The lowest BCUT2D eigenvalue weighted by Gasteiger charge is -2.07. The van der Waals surface area contributed by atoms with Gasteiger partial charge in [-0.25, -0.2) is 0 Å². The lowest BCUT2D eigenvalue weighted by molar-refractivity contribution is -0.144. The summed E-state index contributed by atoms with van der Waals surface area (Å²) in [4.78, 5) is 35.2. The van der Waals surface area contributed by atoms with Gasteiger partial charge in [0.1, 0.15) is 5.75 Å². The summed E-state index contributed by atoms with van der Waals surface area (Å²) in [5.74, 6) is -1.19. The highest BCUT2D eigenvalue weighted by atomic mass is 16.6. The minimum Gasteiger partial charge on any atom is -0.466 e. The Morgan fingerprint density at radius 2 is 2.00 bits per heavy atom. The van der Waals surface area contributed by atoms with Gasteiger partial charge < -0.3 is 9.47 Å². The van der Waals surface area contributed by atoms with Gasteiger partial charge in [-0.15, -0.1) is 0 Å². The maximum atomic E-state index is 12.0. The molecule has 1 aliphatic carbocycles. The molecule has 1 aromatic rings. The summed E-state index contributed by atoms with van der Waals surface area (Å²) in [6.45, 7) is 5.00. The van der Waals surface area contributed by atoms with E-state index in [0.29, 0.717) is 5.75 Å². The molecule has 0 saturated heterocycles. The van der Waals surface area contributed by atoms with Crippen LogP contribution < -0.4 is 4.74 Å². The predicted molar refractivity (Wildman–Crippen MR) is 66.1 cm³/mol. The second-order valence-corrected chi connectivity index (χ2v) is 3.94. The zero-order chi connectivity index (χ0) is 14.0. The first-order valence-corrected chi connectivity index (χ1v) is 5.78. The highest BCUT2D eigenvalue weighted by molar-refractivity contribution is 6.29. The highest BCUT2D eigenvalue weighted by Crippen LogP contribution is 2.28. The van der Waals surface area contributed by atoms with Crippen LogP contribution in [0.25, 0.3) is 0 Å². The first-order valence-electron chi connectivity index (χ1n) is 5.78. The Kier molecular flexibility index (Phi) is 3.46. The number of fused-ring (bicyclic) bond motifs is 1. The van der Waals surface area contributed by atoms with Gasteiger partial charge >= 0.3 is 5.97 Å². The van der Waals surface area contributed by atoms with Gasteiger partial charge in [-0.05, 0) is 18.2 Å². The van der Waals surface area contributed by atoms with E-state index in [1.54, 1.807) is 13.0 Å². The van der Waals surface area contributed by atoms with Crippen LogP contribution in [0.1, 0.15) is 34.1 Å². The predicted octanol–water partition coefficient (Wildman–Crippen LogP) is 1.91. The van der Waals surface area contributed by atoms with Gasteiger partial charge in [-0.1, -0.05) is 13.5 Å². The maximum Gasteiger partial charge on any atom is 0.306 e. The summed E-state index contributed by atoms with van der Waals surface area (Å²) in [7, 11) is 0. The molecule has 1 aromatic carbocycles. The summed E-state index contributed by atoms with van der Waals surface area (Å²) >= 11 is 0. The number of ketones is 2. The van der Waals surface area contributed by atoms with Crippen LogP contribution in [0.2, 0.25) is 0 Å². The SMILES string of the molecule is C=COc1ccc2c(c1)C(=O)C(OC(=O)CC)C2=O. The summed E-state index contributed by atoms with van der Waals surface area (Å²) in [5, 5.41) is 0. The van der Waals surface area contributed by atoms with Crippen LogP contribution >= 0.6 is 0 Å². The van der Waals surface area contributed by atoms with E-state index in [0.717, 1.165) is 0 Å². The fraction of sp³-hybridized carbons (Fsp3) is 0.214. The Morgan fingerprint density at radius 1 is 1.32 bits per heavy atom. The molecule has 0 N–H and O–H groups in total. The molecule has 0 spiro atoms. The number of carbonyl (C=O) groups excluding carboxylic acids is 3. The van der Waals surface area contributed by atoms with E-state index in [1.807, 2.05) is 0 Å². The molecule has 2 rings (SSSR count). The van der Waals surface area contributed by atoms with Gasteiger partial charge in [-0.3, -0.25) is 14.4 Å². The van der Waals surface area contributed by atoms with Crippen LogP contribution in [0.15, 0.2) is 31.0 Å². The molecule has 0 amide bonds. The highest BCUT2D eigenvalue weighted by Gasteiger charge is 2.41. The number of rotatable bonds is 4. The fourth-order valence-electron chi connectivity index (χ4n) is 1.83. The number of ether oxygens (including phenoxy) is 2. The van der Waals surface area contributed by atoms with Gasteiger partial charge in [0.15, 0.2) is 0 Å². The molecule has 0 bridgehead atoms. The molecule has 0 aliphatic heterocycles. The second kappa shape index (κ2) is 5.06. The molecule has 1 aliphatic rings. The van der Waals surface area contributed by atoms with Crippen molar-refractivity contribution in [3.05, 3.63) is 42.2 Å². The molecule has 98 valence electrons. The number of esters is 1. The summed E-state index contributed by atoms with van der Waals surface area (Å²) in [5.41, 5.74) is 0.452. The first kappa shape index (κ1) is 13.0. The number of hydrogen-bond donors (Lipinski definition) is 0. The van der Waals surface area contributed by atoms with Crippen molar-refractivity contribution in [2.24, 2.45) is 0 Å². The zero-order valence-corrected chi connectivity index (χ0v) is 10.3. The van der Waals surface area contributed by atoms with E-state index in [9.17, 15) is 14.4 Å². The fourth-order valence-corrected chi connectivity index (χ4v) is 1.83. The lowest BCUT2D eigenvalue weighted by Crippen LogP contribution is -2.28. The lowest BCUT2D eigenvalue weighted by atomic mass is 10.1. The van der Waals surface area contributed by atoms with Crippen LogP contribution in [0, 0.1) is 0 Å². The standard InChI is InChI=1S/C14H12O5/c1-3-11(15)19-14-12(16)9-6-5-8(18-4-2)7-10(9)13(14)17/h4-7,14H,2-3H2,1H3. The Hall–Kier alpha value is -2.43. The molecule has 1 atom stereocenters. The van der Waals surface area contributed by atoms with Gasteiger partial charge in [0, 0.05) is 17.5 Å². The van der Waals surface area contributed by atoms with Crippen LogP contribution in [-0.4, -0.2) is 23.6 Å². The Labute approximate surface area is 109 Å². The topological polar surface area (TPSA) is 69.7 Å². The van der Waals surface area contributed by atoms with Crippen molar-refractivity contribution in [1.82, 2.24) is 0 Å². The molecular weight excluding hydrogens is 248 g/mol. The minimum absolute atomic E-state index is 0.109. The molecule has 0 saturated carbocycles. The third-order valence-electron chi connectivity index (χ3n) is 2.76. The molecule has 5 heteroatoms. The van der Waals surface area contributed by atoms with Gasteiger partial charge in [0.25, 0.3) is 0 Å². The normalized spacial score (nSPS) is 17.0. The van der Waals surface area contributed by atoms with Gasteiger partial charge in [0.05, 0.1) is 6.26 Å². The molecule has 0 fully saturated rings. The first-order chi connectivity index (χ1) is 9.08. The molecule has 1 unspecified atom stereocenters. The Bertz CT molecular complexity index is 573. The smallest absolute Gasteiger partial charge is 0.306 e. The van der Waals surface area contributed by atoms with Crippen LogP contribution in [0.4, 0.5) is 0 Å². The Morgan fingerprint density at radius 3 is 2.63 bits per heavy atom. The van der Waals surface area contributed by atoms with Crippen molar-refractivity contribution in [3.63, 3.8) is 0 Å². The summed E-state index contributed by atoms with van der Waals surface area (Å²) in [6.07, 6.45) is -0.0306. The van der Waals surface area contributed by atoms with E-state index in [1.165, 1.54) is 18.4 Å². The van der Waals surface area contributed by atoms with Crippen molar-refractivity contribution in [1.29, 1.82) is 0 Å². The third kappa shape index (κ3) is 2.27. The third-order valence-corrected chi connectivity index (χ3v) is 2.76. The number of hydrogen-bond acceptors (Lipinski definition) is 5. The maximum absolute atomic E-state index is 12.0. The van der Waals surface area contributed by atoms with Gasteiger partial charge in [0.2, 0.25) is 17.7 Å². The quantitative estimate of drug-likeness (QED) is 0.470. The zero-order valence-electron chi connectivity index (χ0n) is 10.3. The van der Waals surface area contributed by atoms with Crippen molar-refractivity contribution >= 4 is 17.5 Å². The van der Waals surface area contributed by atoms with E-state index in [-0.39, 0.29) is 17.5 Å². The Balaban J connectivity index is 2.33. The van der Waals surface area contributed by atoms with Crippen LogP contribution in [0.5, 0.6) is 5.75 Å². The molecule has 19 heavy (non-hydrogen) atoms. The van der Waals surface area contributed by atoms with Crippen molar-refractivity contribution < 1.29 is 23.9 Å². The summed E-state index contributed by atoms with van der Waals surface area (Å²) < 4.78 is 9.91. The molecule has 0 radical (unpaired) electrons. The molecule has 0 aromatic heterocycles. The molecule has 0 heterocycles. The van der Waals surface area contributed by atoms with E-state index in [2.05, 4.69) is 6.58 Å². The second-order valence-electron chi connectivity index (χ2n) is 3.94. The van der Waals surface area contributed by atoms with E-state index in [4.69, 9.17) is 9.47 Å². The van der Waals surface area contributed by atoms with Gasteiger partial charge in [-0.2, -0.15) is 0 Å². The number of carbonyl (C=O) groups is 3. The van der Waals surface area contributed by atoms with E-state index < -0.39 is 23.6 Å². The molecule has 5 nitrogen and oxygen atoms in total. The average molecular weight is 260 g/mol. The monoisotopic (exact) mass is 260 g/mol. The van der Waals surface area contributed by atoms with E-state index >= 15 is 0 Å². The van der Waals surface area contributed by atoms with Crippen molar-refractivity contribution in [3.8, 4) is 5.75 Å². The van der Waals surface area contributed by atoms with Crippen molar-refractivity contribution in [2.75, 3.05) is 0 Å². The minimum atomic E-state index is -1.36. The molecular formula is C14H12O5. The van der Waals surface area contributed by atoms with Crippen molar-refractivity contribution in [2.45, 2.75) is 19.4 Å². The largest absolute Gasteiger partial charge is 0.466 e. The summed E-state index contributed by atoms with van der Waals surface area (Å²) in [6, 6.07) is 4.47. The van der Waals surface area contributed by atoms with Crippen LogP contribution in [-0.2, 0) is 9.53 Å². The van der Waals surface area contributed by atoms with Crippen LogP contribution in [0.3, 0.4) is 0 Å². The number of benzene rings is 1.